The number of halogens is 4. The van der Waals surface area contributed by atoms with Gasteiger partial charge in [0.1, 0.15) is 5.15 Å². The molecule has 1 aromatic heterocycles. The molecular formula is C13H10BrClF2N2O2. The zero-order valence-corrected chi connectivity index (χ0v) is 13.2. The highest BCUT2D eigenvalue weighted by atomic mass is 79.9. The first-order valence-electron chi connectivity index (χ1n) is 5.91. The molecule has 2 rings (SSSR count). The van der Waals surface area contributed by atoms with E-state index in [1.807, 2.05) is 0 Å². The Labute approximate surface area is 133 Å². The molecule has 2 aromatic rings. The summed E-state index contributed by atoms with van der Waals surface area (Å²) in [7, 11) is 0. The minimum Gasteiger partial charge on any atom is -0.490 e. The summed E-state index contributed by atoms with van der Waals surface area (Å²) in [5, 5.41) is 0.255. The molecule has 0 saturated carbocycles. The smallest absolute Gasteiger partial charge is 0.387 e. The Morgan fingerprint density at radius 2 is 2.10 bits per heavy atom. The molecule has 21 heavy (non-hydrogen) atoms. The third-order valence-electron chi connectivity index (χ3n) is 2.42. The monoisotopic (exact) mass is 378 g/mol. The lowest BCUT2D eigenvalue weighted by atomic mass is 10.2. The molecule has 1 heterocycles. The number of ether oxygens (including phenoxy) is 2. The summed E-state index contributed by atoms with van der Waals surface area (Å²) in [4.78, 5) is 8.21. The van der Waals surface area contributed by atoms with E-state index in [1.165, 1.54) is 18.3 Å². The van der Waals surface area contributed by atoms with Crippen LogP contribution in [0.1, 0.15) is 6.92 Å². The molecule has 4 nitrogen and oxygen atoms in total. The first-order valence-corrected chi connectivity index (χ1v) is 7.08. The van der Waals surface area contributed by atoms with Crippen molar-refractivity contribution in [2.75, 3.05) is 6.61 Å². The van der Waals surface area contributed by atoms with Gasteiger partial charge in [0.15, 0.2) is 17.3 Å². The standard InChI is InChI=1S/C13H10BrClF2N2O2/c1-2-20-10-5-7(3-4-9(10)21-13(16)17)12-18-6-8(14)11(15)19-12/h3-6,13H,2H2,1H3. The second-order valence-electron chi connectivity index (χ2n) is 3.81. The maximum atomic E-state index is 12.3. The minimum absolute atomic E-state index is 0.0428. The maximum Gasteiger partial charge on any atom is 0.387 e. The van der Waals surface area contributed by atoms with E-state index in [4.69, 9.17) is 16.3 Å². The Kier molecular flexibility index (Phi) is 5.30. The van der Waals surface area contributed by atoms with Crippen molar-refractivity contribution in [2.45, 2.75) is 13.5 Å². The fourth-order valence-corrected chi connectivity index (χ4v) is 1.91. The van der Waals surface area contributed by atoms with Gasteiger partial charge in [-0.2, -0.15) is 8.78 Å². The van der Waals surface area contributed by atoms with Gasteiger partial charge in [-0.05, 0) is 41.1 Å². The van der Waals surface area contributed by atoms with Gasteiger partial charge < -0.3 is 9.47 Å². The number of benzene rings is 1. The predicted octanol–water partition coefficient (Wildman–Crippen LogP) is 4.56. The van der Waals surface area contributed by atoms with E-state index in [0.717, 1.165) is 0 Å². The van der Waals surface area contributed by atoms with Crippen LogP contribution in [0.4, 0.5) is 8.78 Å². The second kappa shape index (κ2) is 7.00. The molecule has 0 atom stereocenters. The lowest BCUT2D eigenvalue weighted by Gasteiger charge is -2.12. The highest BCUT2D eigenvalue weighted by Crippen LogP contribution is 2.33. The maximum absolute atomic E-state index is 12.3. The van der Waals surface area contributed by atoms with Crippen LogP contribution < -0.4 is 9.47 Å². The van der Waals surface area contributed by atoms with E-state index in [0.29, 0.717) is 22.5 Å². The van der Waals surface area contributed by atoms with Gasteiger partial charge >= 0.3 is 6.61 Å². The molecule has 112 valence electrons. The molecule has 8 heteroatoms. The van der Waals surface area contributed by atoms with E-state index in [-0.39, 0.29) is 16.7 Å². The molecule has 0 unspecified atom stereocenters. The molecule has 0 aliphatic carbocycles. The van der Waals surface area contributed by atoms with E-state index < -0.39 is 6.61 Å². The lowest BCUT2D eigenvalue weighted by molar-refractivity contribution is -0.0514. The van der Waals surface area contributed by atoms with Crippen LogP contribution >= 0.6 is 27.5 Å². The first-order chi connectivity index (χ1) is 10.0. The summed E-state index contributed by atoms with van der Waals surface area (Å²) >= 11 is 9.11. The van der Waals surface area contributed by atoms with Crippen LogP contribution in [0.15, 0.2) is 28.9 Å². The number of aromatic nitrogens is 2. The fourth-order valence-electron chi connectivity index (χ4n) is 1.59. The highest BCUT2D eigenvalue weighted by molar-refractivity contribution is 9.10. The van der Waals surface area contributed by atoms with Crippen LogP contribution in [-0.4, -0.2) is 23.2 Å². The number of hydrogen-bond acceptors (Lipinski definition) is 4. The second-order valence-corrected chi connectivity index (χ2v) is 5.02. The van der Waals surface area contributed by atoms with Crippen LogP contribution in [-0.2, 0) is 0 Å². The van der Waals surface area contributed by atoms with Crippen molar-refractivity contribution >= 4 is 27.5 Å². The quantitative estimate of drug-likeness (QED) is 0.714. The van der Waals surface area contributed by atoms with Crippen molar-refractivity contribution in [1.82, 2.24) is 9.97 Å². The molecule has 0 bridgehead atoms. The summed E-state index contributed by atoms with van der Waals surface area (Å²) in [5.41, 5.74) is 0.578. The summed E-state index contributed by atoms with van der Waals surface area (Å²) < 4.78 is 34.9. The normalized spacial score (nSPS) is 10.8. The lowest BCUT2D eigenvalue weighted by Crippen LogP contribution is -2.04. The Hall–Kier alpha value is -1.47. The van der Waals surface area contributed by atoms with E-state index in [2.05, 4.69) is 30.6 Å². The Bertz CT molecular complexity index is 644. The van der Waals surface area contributed by atoms with Gasteiger partial charge in [0.25, 0.3) is 0 Å². The number of hydrogen-bond donors (Lipinski definition) is 0. The largest absolute Gasteiger partial charge is 0.490 e. The molecule has 0 fully saturated rings. The SMILES string of the molecule is CCOc1cc(-c2ncc(Br)c(Cl)n2)ccc1OC(F)F. The fraction of sp³-hybridized carbons (Fsp3) is 0.231. The van der Waals surface area contributed by atoms with Crippen molar-refractivity contribution < 1.29 is 18.3 Å². The average Bonchev–Trinajstić information content (AvgIpc) is 2.43. The van der Waals surface area contributed by atoms with Gasteiger partial charge in [-0.1, -0.05) is 11.6 Å². The first kappa shape index (κ1) is 15.9. The third-order valence-corrected chi connectivity index (χ3v) is 3.52. The Morgan fingerprint density at radius 1 is 1.33 bits per heavy atom. The van der Waals surface area contributed by atoms with Gasteiger partial charge in [0, 0.05) is 11.8 Å². The van der Waals surface area contributed by atoms with E-state index in [9.17, 15) is 8.78 Å². The van der Waals surface area contributed by atoms with Crippen molar-refractivity contribution in [1.29, 1.82) is 0 Å². The zero-order valence-electron chi connectivity index (χ0n) is 10.8. The van der Waals surface area contributed by atoms with Crippen LogP contribution in [0, 0.1) is 0 Å². The van der Waals surface area contributed by atoms with Crippen LogP contribution in [0.5, 0.6) is 11.5 Å². The third kappa shape index (κ3) is 4.01. The number of rotatable bonds is 5. The summed E-state index contributed by atoms with van der Waals surface area (Å²) in [6, 6.07) is 4.46. The van der Waals surface area contributed by atoms with Gasteiger partial charge in [-0.15, -0.1) is 0 Å². The van der Waals surface area contributed by atoms with Gasteiger partial charge in [-0.25, -0.2) is 9.97 Å². The minimum atomic E-state index is -2.92. The Balaban J connectivity index is 2.40. The summed E-state index contributed by atoms with van der Waals surface area (Å²) in [6.07, 6.45) is 1.51. The van der Waals surface area contributed by atoms with Crippen molar-refractivity contribution in [3.8, 4) is 22.9 Å². The van der Waals surface area contributed by atoms with Crippen molar-refractivity contribution in [2.24, 2.45) is 0 Å². The molecule has 0 amide bonds. The predicted molar refractivity (Wildman–Crippen MR) is 78.0 cm³/mol. The molecule has 0 saturated heterocycles. The van der Waals surface area contributed by atoms with Gasteiger partial charge in [0.05, 0.1) is 11.1 Å². The molecule has 0 radical (unpaired) electrons. The topological polar surface area (TPSA) is 44.2 Å². The van der Waals surface area contributed by atoms with Crippen molar-refractivity contribution in [3.05, 3.63) is 34.0 Å². The van der Waals surface area contributed by atoms with Gasteiger partial charge in [-0.3, -0.25) is 0 Å². The molecule has 0 N–H and O–H groups in total. The van der Waals surface area contributed by atoms with E-state index in [1.54, 1.807) is 13.0 Å². The average molecular weight is 380 g/mol. The van der Waals surface area contributed by atoms with Gasteiger partial charge in [0.2, 0.25) is 0 Å². The summed E-state index contributed by atoms with van der Waals surface area (Å²) in [5.74, 6) is 0.504. The van der Waals surface area contributed by atoms with Crippen LogP contribution in [0.3, 0.4) is 0 Å². The molecule has 1 aromatic carbocycles. The highest BCUT2D eigenvalue weighted by Gasteiger charge is 2.14. The summed E-state index contributed by atoms with van der Waals surface area (Å²) in [6.45, 7) is -0.870. The van der Waals surface area contributed by atoms with E-state index >= 15 is 0 Å². The molecular weight excluding hydrogens is 370 g/mol. The molecule has 0 aliphatic rings. The van der Waals surface area contributed by atoms with Crippen LogP contribution in [0.2, 0.25) is 5.15 Å². The molecule has 0 aliphatic heterocycles. The van der Waals surface area contributed by atoms with Crippen LogP contribution in [0.25, 0.3) is 11.4 Å². The molecule has 0 spiro atoms. The Morgan fingerprint density at radius 3 is 2.71 bits per heavy atom. The zero-order chi connectivity index (χ0) is 15.4. The van der Waals surface area contributed by atoms with Crippen molar-refractivity contribution in [3.63, 3.8) is 0 Å². The number of nitrogens with zero attached hydrogens (tertiary/aromatic N) is 2. The number of alkyl halides is 2.